The molecule has 0 aliphatic rings. The summed E-state index contributed by atoms with van der Waals surface area (Å²) in [5.74, 6) is -0.472. The third-order valence-electron chi connectivity index (χ3n) is 4.82. The maximum atomic E-state index is 13.4. The van der Waals surface area contributed by atoms with Crippen LogP contribution in [-0.4, -0.2) is 19.7 Å². The number of hydrogen-bond acceptors (Lipinski definition) is 7. The smallest absolute Gasteiger partial charge is 0.374 e. The maximum absolute atomic E-state index is 13.4. The molecule has 7 heteroatoms. The number of rotatable bonds is 3. The number of fused-ring (bicyclic) bond motifs is 4. The Kier molecular flexibility index (Phi) is 4.38. The van der Waals surface area contributed by atoms with E-state index in [-0.39, 0.29) is 39.7 Å². The fourth-order valence-corrected chi connectivity index (χ4v) is 3.55. The van der Waals surface area contributed by atoms with Gasteiger partial charge in [-0.25, -0.2) is 4.79 Å². The van der Waals surface area contributed by atoms with Crippen LogP contribution in [0.1, 0.15) is 28.6 Å². The molecule has 0 unspecified atom stereocenters. The SMILES string of the molecule is CCOC(=O)c1cc(=O)c2c(C)cc3oc4cc(OC)cc(C)c4c(=O)c3c2o1. The zero-order chi connectivity index (χ0) is 20.9. The lowest BCUT2D eigenvalue weighted by Crippen LogP contribution is -2.13. The molecule has 2 heterocycles. The molecule has 2 aromatic carbocycles. The minimum absolute atomic E-state index is 0.0152. The molecular weight excluding hydrogens is 376 g/mol. The first-order chi connectivity index (χ1) is 13.8. The van der Waals surface area contributed by atoms with Crippen molar-refractivity contribution in [2.75, 3.05) is 13.7 Å². The quantitative estimate of drug-likeness (QED) is 0.296. The van der Waals surface area contributed by atoms with Crippen LogP contribution in [0.3, 0.4) is 0 Å². The fourth-order valence-electron chi connectivity index (χ4n) is 3.55. The predicted octanol–water partition coefficient (Wildman–Crippen LogP) is 3.85. The Labute approximate surface area is 164 Å². The molecule has 0 amide bonds. The molecule has 0 saturated heterocycles. The van der Waals surface area contributed by atoms with Crippen molar-refractivity contribution >= 4 is 38.9 Å². The molecule has 0 bridgehead atoms. The maximum Gasteiger partial charge on any atom is 0.374 e. The zero-order valence-electron chi connectivity index (χ0n) is 16.4. The Hall–Kier alpha value is -3.61. The summed E-state index contributed by atoms with van der Waals surface area (Å²) in [6.07, 6.45) is 0. The molecule has 29 heavy (non-hydrogen) atoms. The monoisotopic (exact) mass is 394 g/mol. The molecule has 0 aliphatic heterocycles. The van der Waals surface area contributed by atoms with Crippen molar-refractivity contribution in [3.05, 3.63) is 61.6 Å². The van der Waals surface area contributed by atoms with E-state index in [4.69, 9.17) is 18.3 Å². The van der Waals surface area contributed by atoms with E-state index in [9.17, 15) is 14.4 Å². The van der Waals surface area contributed by atoms with Crippen LogP contribution in [0.5, 0.6) is 5.75 Å². The number of hydrogen-bond donors (Lipinski definition) is 0. The molecule has 7 nitrogen and oxygen atoms in total. The summed E-state index contributed by atoms with van der Waals surface area (Å²) >= 11 is 0. The van der Waals surface area contributed by atoms with Gasteiger partial charge in [-0.15, -0.1) is 0 Å². The number of methoxy groups -OCH3 is 1. The first kappa shape index (κ1) is 18.7. The summed E-state index contributed by atoms with van der Waals surface area (Å²) in [6.45, 7) is 5.26. The highest BCUT2D eigenvalue weighted by Gasteiger charge is 2.21. The van der Waals surface area contributed by atoms with E-state index >= 15 is 0 Å². The molecule has 0 radical (unpaired) electrons. The lowest BCUT2D eigenvalue weighted by Gasteiger charge is -2.10. The van der Waals surface area contributed by atoms with Gasteiger partial charge >= 0.3 is 5.97 Å². The van der Waals surface area contributed by atoms with E-state index < -0.39 is 11.4 Å². The number of benzene rings is 2. The third-order valence-corrected chi connectivity index (χ3v) is 4.82. The lowest BCUT2D eigenvalue weighted by molar-refractivity contribution is 0.0490. The van der Waals surface area contributed by atoms with Crippen molar-refractivity contribution in [1.82, 2.24) is 0 Å². The van der Waals surface area contributed by atoms with Gasteiger partial charge in [0.15, 0.2) is 11.0 Å². The Balaban J connectivity index is 2.21. The summed E-state index contributed by atoms with van der Waals surface area (Å²) in [6, 6.07) is 6.06. The second kappa shape index (κ2) is 6.77. The van der Waals surface area contributed by atoms with Gasteiger partial charge in [0.05, 0.1) is 24.5 Å². The first-order valence-corrected chi connectivity index (χ1v) is 9.05. The van der Waals surface area contributed by atoms with Gasteiger partial charge in [0.2, 0.25) is 11.2 Å². The zero-order valence-corrected chi connectivity index (χ0v) is 16.4. The molecule has 4 aromatic rings. The normalized spacial score (nSPS) is 11.3. The van der Waals surface area contributed by atoms with Gasteiger partial charge in [-0.1, -0.05) is 0 Å². The predicted molar refractivity (Wildman–Crippen MR) is 108 cm³/mol. The largest absolute Gasteiger partial charge is 0.497 e. The Morgan fingerprint density at radius 3 is 2.31 bits per heavy atom. The number of ether oxygens (including phenoxy) is 2. The van der Waals surface area contributed by atoms with E-state index in [0.29, 0.717) is 27.8 Å². The van der Waals surface area contributed by atoms with Crippen LogP contribution in [0.4, 0.5) is 0 Å². The molecule has 0 spiro atoms. The minimum atomic E-state index is -0.771. The Morgan fingerprint density at radius 1 is 0.931 bits per heavy atom. The van der Waals surface area contributed by atoms with Crippen molar-refractivity contribution in [3.63, 3.8) is 0 Å². The molecule has 2 aromatic heterocycles. The fraction of sp³-hybridized carbons (Fsp3) is 0.227. The average molecular weight is 394 g/mol. The van der Waals surface area contributed by atoms with Crippen LogP contribution in [0.2, 0.25) is 0 Å². The third kappa shape index (κ3) is 2.86. The van der Waals surface area contributed by atoms with Crippen LogP contribution in [0, 0.1) is 13.8 Å². The summed E-state index contributed by atoms with van der Waals surface area (Å²) in [5.41, 5.74) is 1.08. The molecule has 0 aliphatic carbocycles. The second-order valence-electron chi connectivity index (χ2n) is 6.71. The van der Waals surface area contributed by atoms with Crippen molar-refractivity contribution in [2.45, 2.75) is 20.8 Å². The van der Waals surface area contributed by atoms with Crippen LogP contribution < -0.4 is 15.6 Å². The van der Waals surface area contributed by atoms with Crippen molar-refractivity contribution in [1.29, 1.82) is 0 Å². The topological polar surface area (TPSA) is 96.0 Å². The molecule has 0 N–H and O–H groups in total. The van der Waals surface area contributed by atoms with Gasteiger partial charge in [-0.2, -0.15) is 0 Å². The Bertz CT molecular complexity index is 1420. The summed E-state index contributed by atoms with van der Waals surface area (Å²) < 4.78 is 21.9. The van der Waals surface area contributed by atoms with Crippen LogP contribution in [0.25, 0.3) is 32.9 Å². The van der Waals surface area contributed by atoms with Crippen LogP contribution in [0.15, 0.2) is 42.7 Å². The van der Waals surface area contributed by atoms with E-state index in [1.165, 1.54) is 7.11 Å². The highest BCUT2D eigenvalue weighted by atomic mass is 16.5. The van der Waals surface area contributed by atoms with Gasteiger partial charge in [-0.05, 0) is 44.0 Å². The van der Waals surface area contributed by atoms with Crippen molar-refractivity contribution in [2.24, 2.45) is 0 Å². The Morgan fingerprint density at radius 2 is 1.62 bits per heavy atom. The molecule has 0 saturated carbocycles. The first-order valence-electron chi connectivity index (χ1n) is 9.05. The van der Waals surface area contributed by atoms with E-state index in [1.54, 1.807) is 39.0 Å². The van der Waals surface area contributed by atoms with Gasteiger partial charge in [0.1, 0.15) is 22.3 Å². The summed E-state index contributed by atoms with van der Waals surface area (Å²) in [4.78, 5) is 38.2. The van der Waals surface area contributed by atoms with Crippen molar-refractivity contribution in [3.8, 4) is 5.75 Å². The van der Waals surface area contributed by atoms with Crippen molar-refractivity contribution < 1.29 is 23.1 Å². The van der Waals surface area contributed by atoms with E-state index in [1.807, 2.05) is 0 Å². The van der Waals surface area contributed by atoms with Gasteiger partial charge in [0, 0.05) is 12.1 Å². The number of carbonyl (C=O) groups excluding carboxylic acids is 1. The average Bonchev–Trinajstić information content (AvgIpc) is 2.66. The minimum Gasteiger partial charge on any atom is -0.497 e. The molecule has 0 atom stereocenters. The highest BCUT2D eigenvalue weighted by molar-refractivity contribution is 6.07. The molecular formula is C22H18O7. The van der Waals surface area contributed by atoms with Gasteiger partial charge in [0.25, 0.3) is 0 Å². The van der Waals surface area contributed by atoms with Crippen LogP contribution in [-0.2, 0) is 4.74 Å². The number of esters is 1. The van der Waals surface area contributed by atoms with Crippen LogP contribution >= 0.6 is 0 Å². The number of aryl methyl sites for hydroxylation is 2. The summed E-state index contributed by atoms with van der Waals surface area (Å²) in [7, 11) is 1.53. The standard InChI is InChI=1S/C22H18O7/c1-5-27-22(25)16-9-13(23)17-11(3)7-14-19(21(17)29-16)20(24)18-10(2)6-12(26-4)8-15(18)28-14/h6-9H,5H2,1-4H3. The molecule has 4 rings (SSSR count). The molecule has 148 valence electrons. The highest BCUT2D eigenvalue weighted by Crippen LogP contribution is 2.30. The van der Waals surface area contributed by atoms with E-state index in [2.05, 4.69) is 0 Å². The number of carbonyl (C=O) groups is 1. The lowest BCUT2D eigenvalue weighted by atomic mass is 10.0. The van der Waals surface area contributed by atoms with Gasteiger partial charge in [-0.3, -0.25) is 9.59 Å². The van der Waals surface area contributed by atoms with Gasteiger partial charge < -0.3 is 18.3 Å². The second-order valence-corrected chi connectivity index (χ2v) is 6.71. The van der Waals surface area contributed by atoms with E-state index in [0.717, 1.165) is 6.07 Å². The molecule has 0 fully saturated rings. The summed E-state index contributed by atoms with van der Waals surface area (Å²) in [5, 5.41) is 0.686.